The summed E-state index contributed by atoms with van der Waals surface area (Å²) in [5.74, 6) is 1.68. The molecule has 3 aromatic carbocycles. The van der Waals surface area contributed by atoms with Gasteiger partial charge in [0.2, 0.25) is 0 Å². The van der Waals surface area contributed by atoms with Crippen molar-refractivity contribution in [1.29, 1.82) is 0 Å². The highest BCUT2D eigenvalue weighted by Gasteiger charge is 2.17. The molecule has 0 aliphatic rings. The molecule has 0 radical (unpaired) electrons. The number of hydrogen-bond donors (Lipinski definition) is 1. The summed E-state index contributed by atoms with van der Waals surface area (Å²) in [6.45, 7) is 0. The first kappa shape index (κ1) is 23.1. The van der Waals surface area contributed by atoms with Gasteiger partial charge in [-0.2, -0.15) is 5.10 Å². The van der Waals surface area contributed by atoms with E-state index in [4.69, 9.17) is 9.47 Å². The van der Waals surface area contributed by atoms with E-state index >= 15 is 0 Å². The summed E-state index contributed by atoms with van der Waals surface area (Å²) in [6.07, 6.45) is 1.52. The van der Waals surface area contributed by atoms with E-state index in [1.54, 1.807) is 20.3 Å². The number of hydrogen-bond acceptors (Lipinski definition) is 7. The summed E-state index contributed by atoms with van der Waals surface area (Å²) in [4.78, 5) is 12.4. The zero-order chi connectivity index (χ0) is 23.8. The highest BCUT2D eigenvalue weighted by atomic mass is 32.2. The van der Waals surface area contributed by atoms with Crippen molar-refractivity contribution in [2.45, 2.75) is 5.16 Å². The molecular formula is C25H23N5O3S. The summed E-state index contributed by atoms with van der Waals surface area (Å²) < 4.78 is 12.6. The molecule has 172 valence electrons. The van der Waals surface area contributed by atoms with Crippen molar-refractivity contribution in [3.8, 4) is 28.6 Å². The highest BCUT2D eigenvalue weighted by molar-refractivity contribution is 7.99. The third kappa shape index (κ3) is 5.26. The van der Waals surface area contributed by atoms with E-state index in [0.717, 1.165) is 11.3 Å². The maximum absolute atomic E-state index is 12.4. The fourth-order valence-corrected chi connectivity index (χ4v) is 4.04. The number of para-hydroxylation sites is 2. The molecule has 0 atom stereocenters. The number of nitrogens with one attached hydrogen (secondary N) is 1. The van der Waals surface area contributed by atoms with Crippen molar-refractivity contribution in [3.05, 3.63) is 84.4 Å². The minimum atomic E-state index is -0.271. The smallest absolute Gasteiger partial charge is 0.250 e. The quantitative estimate of drug-likeness (QED) is 0.223. The van der Waals surface area contributed by atoms with E-state index in [1.165, 1.54) is 18.0 Å². The normalized spacial score (nSPS) is 10.9. The number of carbonyl (C=O) groups excluding carboxylic acids is 1. The fraction of sp³-hybridized carbons (Fsp3) is 0.120. The lowest BCUT2D eigenvalue weighted by Gasteiger charge is -2.10. The molecule has 0 aliphatic carbocycles. The molecule has 0 aliphatic heterocycles. The zero-order valence-electron chi connectivity index (χ0n) is 18.7. The van der Waals surface area contributed by atoms with Gasteiger partial charge in [-0.1, -0.05) is 66.4 Å². The van der Waals surface area contributed by atoms with Gasteiger partial charge < -0.3 is 9.47 Å². The molecule has 0 bridgehead atoms. The van der Waals surface area contributed by atoms with Gasteiger partial charge in [-0.3, -0.25) is 9.36 Å². The van der Waals surface area contributed by atoms with Gasteiger partial charge in [0.25, 0.3) is 5.91 Å². The Kier molecular flexibility index (Phi) is 7.56. The Morgan fingerprint density at radius 2 is 1.71 bits per heavy atom. The number of ether oxygens (including phenoxy) is 2. The van der Waals surface area contributed by atoms with Crippen LogP contribution in [0.3, 0.4) is 0 Å². The van der Waals surface area contributed by atoms with Crippen LogP contribution in [0.5, 0.6) is 11.5 Å². The second-order valence-electron chi connectivity index (χ2n) is 7.01. The van der Waals surface area contributed by atoms with E-state index < -0.39 is 0 Å². The van der Waals surface area contributed by atoms with Gasteiger partial charge in [0.05, 0.1) is 26.2 Å². The van der Waals surface area contributed by atoms with E-state index in [1.807, 2.05) is 77.4 Å². The highest BCUT2D eigenvalue weighted by Crippen LogP contribution is 2.30. The summed E-state index contributed by atoms with van der Waals surface area (Å²) >= 11 is 1.28. The Morgan fingerprint density at radius 3 is 2.41 bits per heavy atom. The average molecular weight is 474 g/mol. The number of thioether (sulfide) groups is 1. The molecule has 0 spiro atoms. The molecule has 4 aromatic rings. The predicted octanol–water partition coefficient (Wildman–Crippen LogP) is 4.19. The second-order valence-corrected chi connectivity index (χ2v) is 7.95. The van der Waals surface area contributed by atoms with Crippen LogP contribution in [0.2, 0.25) is 0 Å². The molecule has 9 heteroatoms. The summed E-state index contributed by atoms with van der Waals surface area (Å²) in [6, 6.07) is 25.1. The standard InChI is InChI=1S/C25H23N5O3S/c1-32-21-15-9-12-19(23(21)33-2)16-26-27-22(31)17-34-25-29-28-24(18-10-5-3-6-11-18)30(25)20-13-7-4-8-14-20/h3-16H,17H2,1-2H3,(H,27,31)/b26-16+. The first-order valence-electron chi connectivity index (χ1n) is 10.4. The molecule has 0 saturated carbocycles. The van der Waals surface area contributed by atoms with Crippen molar-refractivity contribution >= 4 is 23.9 Å². The number of hydrazone groups is 1. The number of methoxy groups -OCH3 is 2. The Labute approximate surface area is 201 Å². The molecule has 34 heavy (non-hydrogen) atoms. The lowest BCUT2D eigenvalue weighted by molar-refractivity contribution is -0.118. The topological polar surface area (TPSA) is 90.6 Å². The molecule has 0 fully saturated rings. The molecule has 0 unspecified atom stereocenters. The molecule has 1 N–H and O–H groups in total. The first-order valence-corrected chi connectivity index (χ1v) is 11.4. The van der Waals surface area contributed by atoms with Crippen molar-refractivity contribution in [3.63, 3.8) is 0 Å². The van der Waals surface area contributed by atoms with Gasteiger partial charge >= 0.3 is 0 Å². The van der Waals surface area contributed by atoms with Crippen LogP contribution in [0.25, 0.3) is 17.1 Å². The van der Waals surface area contributed by atoms with Crippen LogP contribution in [-0.2, 0) is 4.79 Å². The van der Waals surface area contributed by atoms with Crippen LogP contribution >= 0.6 is 11.8 Å². The number of aromatic nitrogens is 3. The Morgan fingerprint density at radius 1 is 0.971 bits per heavy atom. The monoisotopic (exact) mass is 473 g/mol. The van der Waals surface area contributed by atoms with Crippen LogP contribution in [0, 0.1) is 0 Å². The number of nitrogens with zero attached hydrogens (tertiary/aromatic N) is 4. The summed E-state index contributed by atoms with van der Waals surface area (Å²) in [5, 5.41) is 13.4. The van der Waals surface area contributed by atoms with Gasteiger partial charge in [-0.15, -0.1) is 10.2 Å². The zero-order valence-corrected chi connectivity index (χ0v) is 19.5. The minimum Gasteiger partial charge on any atom is -0.493 e. The van der Waals surface area contributed by atoms with Crippen LogP contribution in [0.15, 0.2) is 89.1 Å². The Balaban J connectivity index is 1.47. The molecule has 4 rings (SSSR count). The Bertz CT molecular complexity index is 1280. The lowest BCUT2D eigenvalue weighted by atomic mass is 10.2. The van der Waals surface area contributed by atoms with Gasteiger partial charge in [0, 0.05) is 16.8 Å². The number of rotatable bonds is 9. The van der Waals surface area contributed by atoms with Crippen LogP contribution in [0.1, 0.15) is 5.56 Å². The van der Waals surface area contributed by atoms with Crippen molar-refractivity contribution < 1.29 is 14.3 Å². The molecule has 0 saturated heterocycles. The SMILES string of the molecule is COc1cccc(/C=N/NC(=O)CSc2nnc(-c3ccccc3)n2-c2ccccc2)c1OC. The molecule has 1 amide bonds. The third-order valence-corrected chi connectivity index (χ3v) is 5.77. The van der Waals surface area contributed by atoms with Crippen molar-refractivity contribution in [1.82, 2.24) is 20.2 Å². The maximum atomic E-state index is 12.4. The van der Waals surface area contributed by atoms with Crippen LogP contribution in [0.4, 0.5) is 0 Å². The number of benzene rings is 3. The van der Waals surface area contributed by atoms with Gasteiger partial charge in [0.1, 0.15) is 0 Å². The van der Waals surface area contributed by atoms with Gasteiger partial charge in [0.15, 0.2) is 22.5 Å². The number of carbonyl (C=O) groups is 1. The van der Waals surface area contributed by atoms with E-state index in [0.29, 0.717) is 28.0 Å². The van der Waals surface area contributed by atoms with Crippen LogP contribution in [-0.4, -0.2) is 46.9 Å². The van der Waals surface area contributed by atoms with E-state index in [-0.39, 0.29) is 11.7 Å². The largest absolute Gasteiger partial charge is 0.493 e. The van der Waals surface area contributed by atoms with Gasteiger partial charge in [-0.05, 0) is 24.3 Å². The lowest BCUT2D eigenvalue weighted by Crippen LogP contribution is -2.20. The summed E-state index contributed by atoms with van der Waals surface area (Å²) in [5.41, 5.74) is 5.08. The maximum Gasteiger partial charge on any atom is 0.250 e. The first-order chi connectivity index (χ1) is 16.7. The fourth-order valence-electron chi connectivity index (χ4n) is 3.30. The minimum absolute atomic E-state index is 0.117. The van der Waals surface area contributed by atoms with Crippen molar-refractivity contribution in [2.24, 2.45) is 5.10 Å². The number of amides is 1. The third-order valence-electron chi connectivity index (χ3n) is 4.84. The van der Waals surface area contributed by atoms with E-state index in [9.17, 15) is 4.79 Å². The van der Waals surface area contributed by atoms with Crippen LogP contribution < -0.4 is 14.9 Å². The van der Waals surface area contributed by atoms with E-state index in [2.05, 4.69) is 20.7 Å². The predicted molar refractivity (Wildman–Crippen MR) is 133 cm³/mol. The van der Waals surface area contributed by atoms with Crippen molar-refractivity contribution in [2.75, 3.05) is 20.0 Å². The molecule has 1 aromatic heterocycles. The second kappa shape index (κ2) is 11.2. The summed E-state index contributed by atoms with van der Waals surface area (Å²) in [7, 11) is 3.12. The Hall–Kier alpha value is -4.11. The molecular weight excluding hydrogens is 450 g/mol. The molecule has 8 nitrogen and oxygen atoms in total. The molecule has 1 heterocycles. The average Bonchev–Trinajstić information content (AvgIpc) is 3.32. The van der Waals surface area contributed by atoms with Gasteiger partial charge in [-0.25, -0.2) is 5.43 Å².